The second-order valence-corrected chi connectivity index (χ2v) is 17.0. The van der Waals surface area contributed by atoms with Gasteiger partial charge in [0.2, 0.25) is 15.9 Å². The molecule has 1 heterocycles. The molecule has 0 bridgehead atoms. The highest BCUT2D eigenvalue weighted by atomic mass is 32.2. The monoisotopic (exact) mass is 798 g/mol. The summed E-state index contributed by atoms with van der Waals surface area (Å²) >= 11 is 1.77. The number of aryl methyl sites for hydroxylation is 1. The molecule has 292 valence electrons. The third kappa shape index (κ3) is 10.9. The summed E-state index contributed by atoms with van der Waals surface area (Å²) < 4.78 is 42.5. The molecule has 4 atom stereocenters. The first-order valence-corrected chi connectivity index (χ1v) is 21.5. The summed E-state index contributed by atoms with van der Waals surface area (Å²) in [5.41, 5.74) is 7.43. The van der Waals surface area contributed by atoms with Crippen LogP contribution in [0.1, 0.15) is 52.2 Å². The highest BCUT2D eigenvalue weighted by Crippen LogP contribution is 2.40. The van der Waals surface area contributed by atoms with Crippen molar-refractivity contribution in [3.63, 3.8) is 0 Å². The molecular formula is C47H46N2O6S2. The summed E-state index contributed by atoms with van der Waals surface area (Å²) in [7, 11) is -3.95. The molecule has 1 amide bonds. The Kier molecular flexibility index (Phi) is 13.3. The summed E-state index contributed by atoms with van der Waals surface area (Å²) in [6.45, 7) is 2.10. The number of nitrogens with one attached hydrogen (secondary N) is 2. The van der Waals surface area contributed by atoms with Crippen LogP contribution in [-0.2, 0) is 43.9 Å². The number of amides is 1. The number of thioether (sulfide) groups is 1. The first-order valence-electron chi connectivity index (χ1n) is 19.0. The van der Waals surface area contributed by atoms with Gasteiger partial charge >= 0.3 is 0 Å². The van der Waals surface area contributed by atoms with Crippen LogP contribution in [-0.4, -0.2) is 37.3 Å². The zero-order valence-electron chi connectivity index (χ0n) is 31.7. The number of rotatable bonds is 15. The topological polar surface area (TPSA) is 114 Å². The Balaban J connectivity index is 1.03. The number of sulfonamides is 1. The van der Waals surface area contributed by atoms with Crippen molar-refractivity contribution in [2.24, 2.45) is 0 Å². The predicted molar refractivity (Wildman–Crippen MR) is 225 cm³/mol. The smallest absolute Gasteiger partial charge is 0.241 e. The van der Waals surface area contributed by atoms with Gasteiger partial charge in [-0.2, -0.15) is 4.72 Å². The van der Waals surface area contributed by atoms with E-state index in [1.54, 1.807) is 36.0 Å². The van der Waals surface area contributed by atoms with Gasteiger partial charge in [-0.25, -0.2) is 8.42 Å². The van der Waals surface area contributed by atoms with Crippen LogP contribution in [0.15, 0.2) is 168 Å². The number of carbonyl (C=O) groups excluding carboxylic acids is 1. The molecular weight excluding hydrogens is 753 g/mol. The Morgan fingerprint density at radius 3 is 2.11 bits per heavy atom. The van der Waals surface area contributed by atoms with Crippen LogP contribution < -0.4 is 10.0 Å². The van der Waals surface area contributed by atoms with Gasteiger partial charge in [0.15, 0.2) is 6.29 Å². The van der Waals surface area contributed by atoms with Crippen molar-refractivity contribution in [1.29, 1.82) is 0 Å². The third-order valence-corrected chi connectivity index (χ3v) is 12.6. The van der Waals surface area contributed by atoms with E-state index in [4.69, 9.17) is 9.47 Å². The van der Waals surface area contributed by atoms with Crippen LogP contribution in [0, 0.1) is 6.92 Å². The van der Waals surface area contributed by atoms with Crippen molar-refractivity contribution in [2.75, 3.05) is 5.75 Å². The molecule has 8 nitrogen and oxygen atoms in total. The molecule has 6 aromatic rings. The lowest BCUT2D eigenvalue weighted by Gasteiger charge is -2.36. The molecule has 7 rings (SSSR count). The summed E-state index contributed by atoms with van der Waals surface area (Å²) in [6, 6.07) is 49.2. The van der Waals surface area contributed by atoms with Gasteiger partial charge < -0.3 is 19.9 Å². The standard InChI is InChI=1S/C47H46N2O6S2/c1-33-15-25-43(26-16-33)57(52,53)49-44(28-34-9-4-2-5-10-34)46(51)48-30-36-11-8-12-40(27-36)37-21-23-39(24-22-37)47-54-41(32-56-42-13-6-3-7-14-42)29-45(55-47)38-19-17-35(31-50)18-20-38/h2-27,41,44-45,47,49-50H,28-32H2,1H3,(H,48,51). The minimum atomic E-state index is -3.95. The lowest BCUT2D eigenvalue weighted by molar-refractivity contribution is -0.245. The molecule has 0 aromatic heterocycles. The van der Waals surface area contributed by atoms with Gasteiger partial charge in [-0.15, -0.1) is 11.8 Å². The Labute approximate surface area is 339 Å². The van der Waals surface area contributed by atoms with Crippen molar-refractivity contribution in [2.45, 2.75) is 67.2 Å². The Morgan fingerprint density at radius 2 is 1.40 bits per heavy atom. The molecule has 1 aliphatic rings. The molecule has 3 N–H and O–H groups in total. The van der Waals surface area contributed by atoms with Crippen LogP contribution in [0.3, 0.4) is 0 Å². The van der Waals surface area contributed by atoms with Crippen molar-refractivity contribution >= 4 is 27.7 Å². The highest BCUT2D eigenvalue weighted by molar-refractivity contribution is 7.99. The number of hydrogen-bond acceptors (Lipinski definition) is 7. The van der Waals surface area contributed by atoms with Crippen LogP contribution >= 0.6 is 11.8 Å². The molecule has 1 aliphatic heterocycles. The minimum absolute atomic E-state index is 0.00805. The molecule has 1 saturated heterocycles. The maximum Gasteiger partial charge on any atom is 0.241 e. The van der Waals surface area contributed by atoms with Gasteiger partial charge in [-0.05, 0) is 77.1 Å². The lowest BCUT2D eigenvalue weighted by atomic mass is 9.99. The highest BCUT2D eigenvalue weighted by Gasteiger charge is 2.32. The molecule has 10 heteroatoms. The number of ether oxygens (including phenoxy) is 2. The van der Waals surface area contributed by atoms with Crippen LogP contribution in [0.5, 0.6) is 0 Å². The lowest BCUT2D eigenvalue weighted by Crippen LogP contribution is -2.47. The van der Waals surface area contributed by atoms with E-state index < -0.39 is 28.3 Å². The maximum atomic E-state index is 13.6. The van der Waals surface area contributed by atoms with E-state index in [2.05, 4.69) is 22.2 Å². The van der Waals surface area contributed by atoms with Gasteiger partial charge in [-0.3, -0.25) is 4.79 Å². The third-order valence-electron chi connectivity index (χ3n) is 9.93. The maximum absolute atomic E-state index is 13.6. The van der Waals surface area contributed by atoms with E-state index in [1.165, 1.54) is 4.90 Å². The fraction of sp³-hybridized carbons (Fsp3) is 0.213. The summed E-state index contributed by atoms with van der Waals surface area (Å²) in [6.07, 6.45) is 0.123. The van der Waals surface area contributed by atoms with Gasteiger partial charge in [0.05, 0.1) is 23.7 Å². The fourth-order valence-electron chi connectivity index (χ4n) is 6.75. The Bertz CT molecular complexity index is 2320. The molecule has 6 aromatic carbocycles. The average Bonchev–Trinajstić information content (AvgIpc) is 3.25. The molecule has 57 heavy (non-hydrogen) atoms. The van der Waals surface area contributed by atoms with Gasteiger partial charge in [-0.1, -0.05) is 133 Å². The van der Waals surface area contributed by atoms with Gasteiger partial charge in [0.25, 0.3) is 0 Å². The van der Waals surface area contributed by atoms with Crippen molar-refractivity contribution in [3.8, 4) is 11.1 Å². The van der Waals surface area contributed by atoms with Crippen LogP contribution in [0.4, 0.5) is 0 Å². The number of benzene rings is 6. The summed E-state index contributed by atoms with van der Waals surface area (Å²) in [5.74, 6) is 0.363. The largest absolute Gasteiger partial charge is 0.392 e. The first kappa shape index (κ1) is 40.1. The van der Waals surface area contributed by atoms with E-state index in [1.807, 2.05) is 128 Å². The number of aliphatic hydroxyl groups excluding tert-OH is 1. The normalized spacial score (nSPS) is 17.5. The van der Waals surface area contributed by atoms with E-state index >= 15 is 0 Å². The van der Waals surface area contributed by atoms with Crippen molar-refractivity contribution in [3.05, 3.63) is 191 Å². The average molecular weight is 799 g/mol. The second-order valence-electron chi connectivity index (χ2n) is 14.2. The van der Waals surface area contributed by atoms with Crippen molar-refractivity contribution in [1.82, 2.24) is 10.0 Å². The zero-order valence-corrected chi connectivity index (χ0v) is 33.3. The molecule has 0 radical (unpaired) electrons. The summed E-state index contributed by atoms with van der Waals surface area (Å²) in [5, 5.41) is 12.5. The number of carbonyl (C=O) groups is 1. The number of aliphatic hydroxyl groups is 1. The van der Waals surface area contributed by atoms with E-state index in [0.717, 1.165) is 50.3 Å². The SMILES string of the molecule is Cc1ccc(S(=O)(=O)NC(Cc2ccccc2)C(=O)NCc2cccc(-c3ccc(C4OC(CSc5ccccc5)CC(c5ccc(CO)cc5)O4)cc3)c2)cc1. The molecule has 0 saturated carbocycles. The van der Waals surface area contributed by atoms with E-state index in [9.17, 15) is 18.3 Å². The Morgan fingerprint density at radius 1 is 0.737 bits per heavy atom. The molecule has 4 unspecified atom stereocenters. The van der Waals surface area contributed by atoms with Crippen LogP contribution in [0.2, 0.25) is 0 Å². The van der Waals surface area contributed by atoms with E-state index in [0.29, 0.717) is 6.42 Å². The predicted octanol–water partition coefficient (Wildman–Crippen LogP) is 8.70. The van der Waals surface area contributed by atoms with Gasteiger partial charge in [0, 0.05) is 29.2 Å². The van der Waals surface area contributed by atoms with E-state index in [-0.39, 0.29) is 36.7 Å². The minimum Gasteiger partial charge on any atom is -0.392 e. The molecule has 1 fully saturated rings. The quantitative estimate of drug-likeness (QED) is 0.0892. The first-order chi connectivity index (χ1) is 27.7. The van der Waals surface area contributed by atoms with Gasteiger partial charge in [0.1, 0.15) is 6.04 Å². The molecule has 0 spiro atoms. The number of hydrogen-bond donors (Lipinski definition) is 3. The summed E-state index contributed by atoms with van der Waals surface area (Å²) in [4.78, 5) is 14.9. The van der Waals surface area contributed by atoms with Crippen molar-refractivity contribution < 1.29 is 27.8 Å². The molecule has 0 aliphatic carbocycles. The van der Waals surface area contributed by atoms with Crippen LogP contribution in [0.25, 0.3) is 11.1 Å². The Hall–Kier alpha value is -5.07. The second kappa shape index (κ2) is 18.9. The zero-order chi connectivity index (χ0) is 39.6. The fourth-order valence-corrected chi connectivity index (χ4v) is 8.88.